The van der Waals surface area contributed by atoms with Gasteiger partial charge >= 0.3 is 0 Å². The Bertz CT molecular complexity index is 299. The second-order valence-electron chi connectivity index (χ2n) is 4.48. The summed E-state index contributed by atoms with van der Waals surface area (Å²) in [5, 5.41) is 5.87. The number of carbonyl (C=O) groups is 1. The van der Waals surface area contributed by atoms with Gasteiger partial charge in [-0.2, -0.15) is 0 Å². The van der Waals surface area contributed by atoms with Gasteiger partial charge in [0.2, 0.25) is 5.91 Å². The van der Waals surface area contributed by atoms with Crippen molar-refractivity contribution < 1.29 is 9.21 Å². The van der Waals surface area contributed by atoms with Crippen molar-refractivity contribution in [1.82, 2.24) is 10.6 Å². The number of hydrogen-bond acceptors (Lipinski definition) is 3. The summed E-state index contributed by atoms with van der Waals surface area (Å²) in [6, 6.07) is 3.70. The SMILES string of the molecule is CC(C)(C)NC(=O)CNCc1ccco1. The van der Waals surface area contributed by atoms with Gasteiger partial charge in [0.25, 0.3) is 0 Å². The van der Waals surface area contributed by atoms with Gasteiger partial charge in [-0.05, 0) is 32.9 Å². The van der Waals surface area contributed by atoms with E-state index in [1.807, 2.05) is 32.9 Å². The molecule has 15 heavy (non-hydrogen) atoms. The van der Waals surface area contributed by atoms with E-state index in [0.29, 0.717) is 13.1 Å². The van der Waals surface area contributed by atoms with Gasteiger partial charge < -0.3 is 15.1 Å². The summed E-state index contributed by atoms with van der Waals surface area (Å²) in [4.78, 5) is 11.4. The van der Waals surface area contributed by atoms with E-state index in [1.165, 1.54) is 0 Å². The minimum absolute atomic E-state index is 0.00550. The molecule has 0 aliphatic heterocycles. The van der Waals surface area contributed by atoms with Crippen LogP contribution >= 0.6 is 0 Å². The van der Waals surface area contributed by atoms with E-state index < -0.39 is 0 Å². The summed E-state index contributed by atoms with van der Waals surface area (Å²) in [6.07, 6.45) is 1.62. The third-order valence-electron chi connectivity index (χ3n) is 1.68. The first-order valence-corrected chi connectivity index (χ1v) is 5.01. The molecule has 4 nitrogen and oxygen atoms in total. The van der Waals surface area contributed by atoms with Crippen molar-refractivity contribution in [2.24, 2.45) is 0 Å². The first-order valence-electron chi connectivity index (χ1n) is 5.01. The summed E-state index contributed by atoms with van der Waals surface area (Å²) >= 11 is 0. The second-order valence-corrected chi connectivity index (χ2v) is 4.48. The molecule has 0 aliphatic carbocycles. The van der Waals surface area contributed by atoms with Gasteiger partial charge in [0.1, 0.15) is 5.76 Å². The Morgan fingerprint density at radius 3 is 2.73 bits per heavy atom. The van der Waals surface area contributed by atoms with Crippen LogP contribution in [0.5, 0.6) is 0 Å². The second kappa shape index (κ2) is 4.98. The van der Waals surface area contributed by atoms with Crippen molar-refractivity contribution >= 4 is 5.91 Å². The maximum Gasteiger partial charge on any atom is 0.234 e. The highest BCUT2D eigenvalue weighted by atomic mass is 16.3. The van der Waals surface area contributed by atoms with E-state index in [-0.39, 0.29) is 11.4 Å². The molecule has 0 saturated heterocycles. The summed E-state index contributed by atoms with van der Waals surface area (Å²) in [5.74, 6) is 0.826. The first kappa shape index (κ1) is 11.8. The average Bonchev–Trinajstić information content (AvgIpc) is 2.53. The summed E-state index contributed by atoms with van der Waals surface area (Å²) in [6.45, 7) is 6.74. The van der Waals surface area contributed by atoms with E-state index >= 15 is 0 Å². The zero-order valence-corrected chi connectivity index (χ0v) is 9.46. The normalized spacial score (nSPS) is 11.4. The molecule has 0 aliphatic rings. The minimum atomic E-state index is -0.177. The van der Waals surface area contributed by atoms with Crippen molar-refractivity contribution in [3.63, 3.8) is 0 Å². The van der Waals surface area contributed by atoms with E-state index in [9.17, 15) is 4.79 Å². The van der Waals surface area contributed by atoms with Gasteiger partial charge in [0, 0.05) is 5.54 Å². The highest BCUT2D eigenvalue weighted by molar-refractivity contribution is 5.78. The summed E-state index contributed by atoms with van der Waals surface area (Å²) < 4.78 is 5.12. The van der Waals surface area contributed by atoms with Crippen molar-refractivity contribution in [3.05, 3.63) is 24.2 Å². The summed E-state index contributed by atoms with van der Waals surface area (Å²) in [5.41, 5.74) is -0.177. The highest BCUT2D eigenvalue weighted by Gasteiger charge is 2.12. The van der Waals surface area contributed by atoms with Crippen LogP contribution in [0.25, 0.3) is 0 Å². The predicted octanol–water partition coefficient (Wildman–Crippen LogP) is 1.28. The van der Waals surface area contributed by atoms with Gasteiger partial charge in [-0.3, -0.25) is 4.79 Å². The molecule has 0 unspecified atom stereocenters. The van der Waals surface area contributed by atoms with Crippen LogP contribution in [0.15, 0.2) is 22.8 Å². The molecule has 0 saturated carbocycles. The van der Waals surface area contributed by atoms with Crippen molar-refractivity contribution in [3.8, 4) is 0 Å². The lowest BCUT2D eigenvalue weighted by molar-refractivity contribution is -0.121. The molecule has 2 N–H and O–H groups in total. The molecule has 0 atom stereocenters. The fourth-order valence-corrected chi connectivity index (χ4v) is 1.17. The lowest BCUT2D eigenvalue weighted by Gasteiger charge is -2.20. The molecule has 1 amide bonds. The maximum atomic E-state index is 11.4. The quantitative estimate of drug-likeness (QED) is 0.787. The fraction of sp³-hybridized carbons (Fsp3) is 0.545. The highest BCUT2D eigenvalue weighted by Crippen LogP contribution is 1.99. The zero-order valence-electron chi connectivity index (χ0n) is 9.46. The molecule has 1 aromatic rings. The van der Waals surface area contributed by atoms with Crippen molar-refractivity contribution in [2.45, 2.75) is 32.9 Å². The molecular weight excluding hydrogens is 192 g/mol. The van der Waals surface area contributed by atoms with Gasteiger partial charge in [-0.15, -0.1) is 0 Å². The zero-order chi connectivity index (χ0) is 11.3. The van der Waals surface area contributed by atoms with Crippen LogP contribution < -0.4 is 10.6 Å². The number of amides is 1. The molecule has 0 radical (unpaired) electrons. The molecule has 0 bridgehead atoms. The Labute approximate surface area is 90.0 Å². The van der Waals surface area contributed by atoms with Crippen LogP contribution in [0.2, 0.25) is 0 Å². The maximum absolute atomic E-state index is 11.4. The van der Waals surface area contributed by atoms with Crippen LogP contribution in [0.4, 0.5) is 0 Å². The molecular formula is C11H18N2O2. The number of hydrogen-bond donors (Lipinski definition) is 2. The van der Waals surface area contributed by atoms with Crippen LogP contribution in [0.1, 0.15) is 26.5 Å². The fourth-order valence-electron chi connectivity index (χ4n) is 1.17. The molecule has 1 heterocycles. The van der Waals surface area contributed by atoms with Crippen LogP contribution in [-0.2, 0) is 11.3 Å². The number of furan rings is 1. The average molecular weight is 210 g/mol. The molecule has 84 valence electrons. The number of nitrogens with one attached hydrogen (secondary N) is 2. The lowest BCUT2D eigenvalue weighted by Crippen LogP contribution is -2.44. The van der Waals surface area contributed by atoms with Gasteiger partial charge in [0.05, 0.1) is 19.4 Å². The van der Waals surface area contributed by atoms with E-state index in [1.54, 1.807) is 6.26 Å². The van der Waals surface area contributed by atoms with Crippen molar-refractivity contribution in [1.29, 1.82) is 0 Å². The Kier molecular flexibility index (Phi) is 3.91. The standard InChI is InChI=1S/C11H18N2O2/c1-11(2,3)13-10(14)8-12-7-9-5-4-6-15-9/h4-6,12H,7-8H2,1-3H3,(H,13,14). The van der Waals surface area contributed by atoms with Crippen LogP contribution in [-0.4, -0.2) is 18.0 Å². The van der Waals surface area contributed by atoms with Crippen LogP contribution in [0.3, 0.4) is 0 Å². The molecule has 0 fully saturated rings. The third-order valence-corrected chi connectivity index (χ3v) is 1.68. The number of carbonyl (C=O) groups excluding carboxylic acids is 1. The Balaban J connectivity index is 2.18. The monoisotopic (exact) mass is 210 g/mol. The number of rotatable bonds is 4. The smallest absolute Gasteiger partial charge is 0.234 e. The van der Waals surface area contributed by atoms with Gasteiger partial charge in [0.15, 0.2) is 0 Å². The lowest BCUT2D eigenvalue weighted by atomic mass is 10.1. The topological polar surface area (TPSA) is 54.3 Å². The van der Waals surface area contributed by atoms with Gasteiger partial charge in [-0.25, -0.2) is 0 Å². The van der Waals surface area contributed by atoms with Crippen molar-refractivity contribution in [2.75, 3.05) is 6.54 Å². The molecule has 0 spiro atoms. The van der Waals surface area contributed by atoms with E-state index in [2.05, 4.69) is 10.6 Å². The molecule has 1 rings (SSSR count). The van der Waals surface area contributed by atoms with Crippen LogP contribution in [0, 0.1) is 0 Å². The third kappa shape index (κ3) is 5.22. The Morgan fingerprint density at radius 2 is 2.20 bits per heavy atom. The molecule has 1 aromatic heterocycles. The molecule has 0 aromatic carbocycles. The largest absolute Gasteiger partial charge is 0.468 e. The predicted molar refractivity (Wildman–Crippen MR) is 58.3 cm³/mol. The van der Waals surface area contributed by atoms with E-state index in [4.69, 9.17) is 4.42 Å². The van der Waals surface area contributed by atoms with Gasteiger partial charge in [-0.1, -0.05) is 0 Å². The minimum Gasteiger partial charge on any atom is -0.468 e. The Morgan fingerprint density at radius 1 is 1.47 bits per heavy atom. The van der Waals surface area contributed by atoms with E-state index in [0.717, 1.165) is 5.76 Å². The molecule has 4 heteroatoms. The Hall–Kier alpha value is -1.29. The first-order chi connectivity index (χ1) is 6.97. The summed E-state index contributed by atoms with van der Waals surface area (Å²) in [7, 11) is 0.